The van der Waals surface area contributed by atoms with Gasteiger partial charge in [0.05, 0.1) is 12.5 Å². The van der Waals surface area contributed by atoms with E-state index in [1.807, 2.05) is 44.2 Å². The summed E-state index contributed by atoms with van der Waals surface area (Å²) in [5, 5.41) is 11.7. The number of amides is 1. The summed E-state index contributed by atoms with van der Waals surface area (Å²) in [6.07, 6.45) is 0. The first-order chi connectivity index (χ1) is 14.9. The number of anilines is 1. The highest BCUT2D eigenvalue weighted by atomic mass is 16.5. The van der Waals surface area contributed by atoms with Gasteiger partial charge in [0.15, 0.2) is 5.52 Å². The summed E-state index contributed by atoms with van der Waals surface area (Å²) in [6.45, 7) is 5.44. The van der Waals surface area contributed by atoms with Crippen LogP contribution in [0.25, 0.3) is 22.2 Å². The molecule has 1 N–H and O–H groups in total. The number of hydrogen-bond donors (Lipinski definition) is 1. The first kappa shape index (κ1) is 20.3. The Kier molecular flexibility index (Phi) is 5.29. The highest BCUT2D eigenvalue weighted by molar-refractivity contribution is 5.94. The molecule has 0 bridgehead atoms. The highest BCUT2D eigenvalue weighted by Gasteiger charge is 2.20. The number of methoxy groups -OCH3 is 1. The van der Waals surface area contributed by atoms with E-state index >= 15 is 0 Å². The predicted octanol–water partition coefficient (Wildman–Crippen LogP) is 3.62. The molecule has 0 aliphatic rings. The summed E-state index contributed by atoms with van der Waals surface area (Å²) in [5.41, 5.74) is 3.77. The van der Waals surface area contributed by atoms with Crippen LogP contribution in [-0.2, 0) is 11.3 Å². The molecule has 2 heterocycles. The van der Waals surface area contributed by atoms with Gasteiger partial charge in [-0.15, -0.1) is 0 Å². The van der Waals surface area contributed by atoms with Crippen LogP contribution < -0.4 is 15.6 Å². The van der Waals surface area contributed by atoms with Crippen molar-refractivity contribution in [2.24, 2.45) is 0 Å². The van der Waals surface area contributed by atoms with Crippen molar-refractivity contribution in [1.82, 2.24) is 14.9 Å². The number of hydrogen-bond acceptors (Lipinski definition) is 6. The molecule has 4 aromatic rings. The quantitative estimate of drug-likeness (QED) is 0.531. The van der Waals surface area contributed by atoms with Gasteiger partial charge in [-0.25, -0.2) is 4.68 Å². The van der Waals surface area contributed by atoms with Gasteiger partial charge in [0.1, 0.15) is 23.7 Å². The van der Waals surface area contributed by atoms with Gasteiger partial charge in [-0.3, -0.25) is 9.59 Å². The minimum absolute atomic E-state index is 0.136. The number of carbonyl (C=O) groups excluding carboxylic acids is 1. The van der Waals surface area contributed by atoms with E-state index < -0.39 is 5.56 Å². The molecule has 0 aliphatic carbocycles. The Labute approximate surface area is 178 Å². The van der Waals surface area contributed by atoms with Gasteiger partial charge in [-0.2, -0.15) is 5.10 Å². The van der Waals surface area contributed by atoms with Crippen LogP contribution in [0.1, 0.15) is 16.9 Å². The third-order valence-electron chi connectivity index (χ3n) is 5.20. The fraction of sp³-hybridized carbons (Fsp3) is 0.217. The predicted molar refractivity (Wildman–Crippen MR) is 117 cm³/mol. The summed E-state index contributed by atoms with van der Waals surface area (Å²) in [4.78, 5) is 25.5. The number of aryl methyl sites for hydroxylation is 3. The summed E-state index contributed by atoms with van der Waals surface area (Å²) in [5.74, 6) is 0.818. The normalized spacial score (nSPS) is 11.0. The molecule has 158 valence electrons. The standard InChI is InChI=1S/C23H22N4O4/c1-13-5-8-17(11-14(13)2)24-19(28)12-27-23(29)22-20(15(3)31-26-22)21(25-27)16-6-9-18(30-4)10-7-16/h5-11H,12H2,1-4H3,(H,24,28). The van der Waals surface area contributed by atoms with Gasteiger partial charge in [-0.05, 0) is 68.3 Å². The molecule has 2 aromatic carbocycles. The zero-order valence-electron chi connectivity index (χ0n) is 17.7. The van der Waals surface area contributed by atoms with Crippen molar-refractivity contribution in [3.63, 3.8) is 0 Å². The van der Waals surface area contributed by atoms with E-state index in [4.69, 9.17) is 9.26 Å². The van der Waals surface area contributed by atoms with E-state index in [2.05, 4.69) is 15.6 Å². The number of benzene rings is 2. The van der Waals surface area contributed by atoms with E-state index in [1.54, 1.807) is 26.2 Å². The second-order valence-electron chi connectivity index (χ2n) is 7.35. The van der Waals surface area contributed by atoms with Crippen molar-refractivity contribution in [2.45, 2.75) is 27.3 Å². The maximum absolute atomic E-state index is 12.9. The van der Waals surface area contributed by atoms with Crippen molar-refractivity contribution in [2.75, 3.05) is 12.4 Å². The van der Waals surface area contributed by atoms with E-state index in [1.165, 1.54) is 0 Å². The topological polar surface area (TPSA) is 99.2 Å². The van der Waals surface area contributed by atoms with E-state index in [0.717, 1.165) is 21.4 Å². The average Bonchev–Trinajstić information content (AvgIpc) is 3.15. The van der Waals surface area contributed by atoms with Crippen LogP contribution in [0.15, 0.2) is 51.8 Å². The van der Waals surface area contributed by atoms with Gasteiger partial charge < -0.3 is 14.6 Å². The molecular weight excluding hydrogens is 396 g/mol. The molecule has 31 heavy (non-hydrogen) atoms. The Bertz CT molecular complexity index is 1340. The molecule has 0 saturated carbocycles. The molecule has 1 amide bonds. The minimum Gasteiger partial charge on any atom is -0.497 e. The Morgan fingerprint density at radius 1 is 1.10 bits per heavy atom. The van der Waals surface area contributed by atoms with Crippen LogP contribution in [0.5, 0.6) is 5.75 Å². The monoisotopic (exact) mass is 418 g/mol. The Morgan fingerprint density at radius 3 is 2.52 bits per heavy atom. The van der Waals surface area contributed by atoms with Crippen molar-refractivity contribution in [3.05, 3.63) is 69.7 Å². The maximum Gasteiger partial charge on any atom is 0.297 e. The number of nitrogens with zero attached hydrogens (tertiary/aromatic N) is 3. The van der Waals surface area contributed by atoms with E-state index in [9.17, 15) is 9.59 Å². The van der Waals surface area contributed by atoms with Gasteiger partial charge in [0, 0.05) is 11.3 Å². The molecule has 0 aliphatic heterocycles. The number of nitrogens with one attached hydrogen (secondary N) is 1. The van der Waals surface area contributed by atoms with Crippen LogP contribution in [0.4, 0.5) is 5.69 Å². The lowest BCUT2D eigenvalue weighted by molar-refractivity contribution is -0.117. The van der Waals surface area contributed by atoms with Crippen LogP contribution in [0.2, 0.25) is 0 Å². The Morgan fingerprint density at radius 2 is 1.84 bits per heavy atom. The van der Waals surface area contributed by atoms with Gasteiger partial charge in [0.2, 0.25) is 5.91 Å². The van der Waals surface area contributed by atoms with E-state index in [0.29, 0.717) is 28.3 Å². The summed E-state index contributed by atoms with van der Waals surface area (Å²) >= 11 is 0. The highest BCUT2D eigenvalue weighted by Crippen LogP contribution is 2.28. The molecular formula is C23H22N4O4. The summed E-state index contributed by atoms with van der Waals surface area (Å²) in [6, 6.07) is 12.9. The molecule has 0 spiro atoms. The Hall–Kier alpha value is -3.94. The lowest BCUT2D eigenvalue weighted by atomic mass is 10.1. The van der Waals surface area contributed by atoms with Crippen molar-refractivity contribution in [3.8, 4) is 17.0 Å². The van der Waals surface area contributed by atoms with Crippen LogP contribution >= 0.6 is 0 Å². The van der Waals surface area contributed by atoms with Crippen LogP contribution in [0, 0.1) is 20.8 Å². The molecule has 8 heteroatoms. The molecule has 2 aromatic heterocycles. The second-order valence-corrected chi connectivity index (χ2v) is 7.35. The molecule has 0 unspecified atom stereocenters. The molecule has 4 rings (SSSR count). The van der Waals surface area contributed by atoms with Crippen molar-refractivity contribution >= 4 is 22.5 Å². The molecule has 0 atom stereocenters. The fourth-order valence-corrected chi connectivity index (χ4v) is 3.35. The van der Waals surface area contributed by atoms with E-state index in [-0.39, 0.29) is 18.0 Å². The zero-order chi connectivity index (χ0) is 22.1. The lowest BCUT2D eigenvalue weighted by Crippen LogP contribution is -2.30. The molecule has 8 nitrogen and oxygen atoms in total. The second kappa shape index (κ2) is 8.06. The SMILES string of the molecule is COc1ccc(-c2nn(CC(=O)Nc3ccc(C)c(C)c3)c(=O)c3noc(C)c23)cc1. The van der Waals surface area contributed by atoms with Crippen LogP contribution in [-0.4, -0.2) is 28.0 Å². The first-order valence-electron chi connectivity index (χ1n) is 9.76. The molecule has 0 fully saturated rings. The van der Waals surface area contributed by atoms with Gasteiger partial charge in [-0.1, -0.05) is 11.2 Å². The zero-order valence-corrected chi connectivity index (χ0v) is 17.7. The maximum atomic E-state index is 12.9. The van der Waals surface area contributed by atoms with Gasteiger partial charge >= 0.3 is 0 Å². The first-order valence-corrected chi connectivity index (χ1v) is 9.76. The summed E-state index contributed by atoms with van der Waals surface area (Å²) < 4.78 is 11.6. The fourth-order valence-electron chi connectivity index (χ4n) is 3.35. The number of fused-ring (bicyclic) bond motifs is 1. The third-order valence-corrected chi connectivity index (χ3v) is 5.20. The minimum atomic E-state index is -0.487. The molecule has 0 saturated heterocycles. The average molecular weight is 418 g/mol. The Balaban J connectivity index is 1.72. The number of rotatable bonds is 5. The molecule has 0 radical (unpaired) electrons. The lowest BCUT2D eigenvalue weighted by Gasteiger charge is -2.11. The third kappa shape index (κ3) is 3.92. The number of carbonyl (C=O) groups is 1. The number of aromatic nitrogens is 3. The largest absolute Gasteiger partial charge is 0.497 e. The summed E-state index contributed by atoms with van der Waals surface area (Å²) in [7, 11) is 1.59. The van der Waals surface area contributed by atoms with Crippen LogP contribution in [0.3, 0.4) is 0 Å². The van der Waals surface area contributed by atoms with Crippen molar-refractivity contribution < 1.29 is 14.1 Å². The van der Waals surface area contributed by atoms with Crippen molar-refractivity contribution in [1.29, 1.82) is 0 Å². The smallest absolute Gasteiger partial charge is 0.297 e. The number of ether oxygens (including phenoxy) is 1. The van der Waals surface area contributed by atoms with Gasteiger partial charge in [0.25, 0.3) is 5.56 Å².